The van der Waals surface area contributed by atoms with E-state index in [0.717, 1.165) is 36.3 Å². The van der Waals surface area contributed by atoms with Gasteiger partial charge in [-0.25, -0.2) is 0 Å². The fourth-order valence-electron chi connectivity index (χ4n) is 2.09. The first-order valence-electron chi connectivity index (χ1n) is 7.11. The van der Waals surface area contributed by atoms with Gasteiger partial charge in [0.1, 0.15) is 0 Å². The first-order valence-corrected chi connectivity index (χ1v) is 7.48. The Morgan fingerprint density at radius 3 is 2.55 bits per heavy atom. The minimum atomic E-state index is 0.759. The molecule has 0 nitrogen and oxygen atoms in total. The molecule has 102 valence electrons. The van der Waals surface area contributed by atoms with Crippen LogP contribution in [0.3, 0.4) is 0 Å². The normalized spacial score (nSPS) is 9.90. The number of unbranched alkanes of at least 4 members (excludes halogenated alkanes) is 1. The Balaban J connectivity index is 2.13. The van der Waals surface area contributed by atoms with Gasteiger partial charge in [0, 0.05) is 17.0 Å². The van der Waals surface area contributed by atoms with E-state index in [9.17, 15) is 0 Å². The maximum absolute atomic E-state index is 6.08. The van der Waals surface area contributed by atoms with Crippen molar-refractivity contribution in [1.29, 1.82) is 0 Å². The molecule has 2 rings (SSSR count). The van der Waals surface area contributed by atoms with Crippen molar-refractivity contribution in [1.82, 2.24) is 0 Å². The van der Waals surface area contributed by atoms with Crippen LogP contribution < -0.4 is 0 Å². The Labute approximate surface area is 126 Å². The highest BCUT2D eigenvalue weighted by Crippen LogP contribution is 2.17. The molecule has 0 aromatic heterocycles. The zero-order valence-electron chi connectivity index (χ0n) is 11.8. The summed E-state index contributed by atoms with van der Waals surface area (Å²) in [7, 11) is 0. The highest BCUT2D eigenvalue weighted by atomic mass is 35.5. The summed E-state index contributed by atoms with van der Waals surface area (Å²) in [5.41, 5.74) is 3.71. The standard InChI is InChI=1S/C19H19Cl/c1-2-3-5-10-18-15-19(20)14-13-17(18)12-11-16-8-6-4-7-9-16/h4,6-9,13-15H,2-3,11-12H2,1H3. The smallest absolute Gasteiger partial charge is 0.0418 e. The highest BCUT2D eigenvalue weighted by Gasteiger charge is 2.02. The summed E-state index contributed by atoms with van der Waals surface area (Å²) in [6.07, 6.45) is 4.06. The molecule has 0 saturated carbocycles. The Bertz CT molecular complexity index is 603. The summed E-state index contributed by atoms with van der Waals surface area (Å²) in [5.74, 6) is 6.47. The first-order chi connectivity index (χ1) is 9.79. The van der Waals surface area contributed by atoms with E-state index in [1.54, 1.807) is 0 Å². The Hall–Kier alpha value is -1.71. The van der Waals surface area contributed by atoms with Gasteiger partial charge in [0.25, 0.3) is 0 Å². The molecule has 0 aliphatic carbocycles. The molecule has 0 atom stereocenters. The minimum Gasteiger partial charge on any atom is -0.0979 e. The first kappa shape index (κ1) is 14.7. The van der Waals surface area contributed by atoms with Crippen molar-refractivity contribution < 1.29 is 0 Å². The van der Waals surface area contributed by atoms with Gasteiger partial charge < -0.3 is 0 Å². The number of aryl methyl sites for hydroxylation is 2. The summed E-state index contributed by atoms with van der Waals surface area (Å²) >= 11 is 6.08. The molecule has 2 aromatic rings. The minimum absolute atomic E-state index is 0.759. The molecule has 0 N–H and O–H groups in total. The van der Waals surface area contributed by atoms with Crippen LogP contribution in [0.15, 0.2) is 48.5 Å². The SMILES string of the molecule is CCCC#Cc1cc(Cl)ccc1CCc1ccccc1. The van der Waals surface area contributed by atoms with E-state index < -0.39 is 0 Å². The third-order valence-corrected chi connectivity index (χ3v) is 3.43. The predicted molar refractivity (Wildman–Crippen MR) is 87.1 cm³/mol. The molecule has 0 heterocycles. The van der Waals surface area contributed by atoms with E-state index in [0.29, 0.717) is 0 Å². The molecule has 0 bridgehead atoms. The molecule has 1 heteroatoms. The summed E-state index contributed by atoms with van der Waals surface area (Å²) < 4.78 is 0. The van der Waals surface area contributed by atoms with Gasteiger partial charge >= 0.3 is 0 Å². The number of benzene rings is 2. The van der Waals surface area contributed by atoms with Crippen LogP contribution in [-0.2, 0) is 12.8 Å². The van der Waals surface area contributed by atoms with Gasteiger partial charge in [0.15, 0.2) is 0 Å². The van der Waals surface area contributed by atoms with Crippen LogP contribution in [0.25, 0.3) is 0 Å². The fourth-order valence-corrected chi connectivity index (χ4v) is 2.26. The molecule has 0 spiro atoms. The van der Waals surface area contributed by atoms with E-state index in [2.05, 4.69) is 49.1 Å². The lowest BCUT2D eigenvalue weighted by Crippen LogP contribution is -1.94. The largest absolute Gasteiger partial charge is 0.0979 e. The third-order valence-electron chi connectivity index (χ3n) is 3.20. The summed E-state index contributed by atoms with van der Waals surface area (Å²) in [4.78, 5) is 0. The molecule has 0 saturated heterocycles. The average molecular weight is 283 g/mol. The van der Waals surface area contributed by atoms with E-state index in [4.69, 9.17) is 11.6 Å². The Kier molecular flexibility index (Phi) is 5.71. The zero-order valence-corrected chi connectivity index (χ0v) is 12.6. The topological polar surface area (TPSA) is 0 Å². The summed E-state index contributed by atoms with van der Waals surface area (Å²) in [5, 5.41) is 0.759. The quantitative estimate of drug-likeness (QED) is 0.670. The van der Waals surface area contributed by atoms with Crippen molar-refractivity contribution in [3.8, 4) is 11.8 Å². The lowest BCUT2D eigenvalue weighted by atomic mass is 10.00. The predicted octanol–water partition coefficient (Wildman–Crippen LogP) is 5.28. The van der Waals surface area contributed by atoms with Gasteiger partial charge in [0.05, 0.1) is 0 Å². The number of hydrogen-bond acceptors (Lipinski definition) is 0. The molecule has 0 aliphatic rings. The van der Waals surface area contributed by atoms with Crippen molar-refractivity contribution in [2.45, 2.75) is 32.6 Å². The van der Waals surface area contributed by atoms with Crippen molar-refractivity contribution >= 4 is 11.6 Å². The Morgan fingerprint density at radius 2 is 1.80 bits per heavy atom. The van der Waals surface area contributed by atoms with Gasteiger partial charge in [-0.1, -0.05) is 66.8 Å². The molecule has 20 heavy (non-hydrogen) atoms. The van der Waals surface area contributed by atoms with Crippen LogP contribution in [0, 0.1) is 11.8 Å². The van der Waals surface area contributed by atoms with Crippen LogP contribution in [0.2, 0.25) is 5.02 Å². The van der Waals surface area contributed by atoms with E-state index in [1.807, 2.05) is 18.2 Å². The van der Waals surface area contributed by atoms with Crippen molar-refractivity contribution in [3.05, 3.63) is 70.2 Å². The molecule has 0 radical (unpaired) electrons. The van der Waals surface area contributed by atoms with Crippen LogP contribution in [0.1, 0.15) is 36.5 Å². The highest BCUT2D eigenvalue weighted by molar-refractivity contribution is 6.30. The van der Waals surface area contributed by atoms with Gasteiger partial charge in [-0.15, -0.1) is 0 Å². The van der Waals surface area contributed by atoms with Crippen LogP contribution in [-0.4, -0.2) is 0 Å². The second-order valence-electron chi connectivity index (χ2n) is 4.84. The number of halogens is 1. The van der Waals surface area contributed by atoms with Crippen LogP contribution >= 0.6 is 11.6 Å². The van der Waals surface area contributed by atoms with Crippen molar-refractivity contribution in [2.75, 3.05) is 0 Å². The van der Waals surface area contributed by atoms with E-state index in [-0.39, 0.29) is 0 Å². The lowest BCUT2D eigenvalue weighted by molar-refractivity contribution is 0.956. The third kappa shape index (κ3) is 4.44. The van der Waals surface area contributed by atoms with Gasteiger partial charge in [-0.05, 0) is 42.5 Å². The lowest BCUT2D eigenvalue weighted by Gasteiger charge is -2.06. The van der Waals surface area contributed by atoms with Gasteiger partial charge in [-0.3, -0.25) is 0 Å². The molecule has 2 aromatic carbocycles. The van der Waals surface area contributed by atoms with Gasteiger partial charge in [0.2, 0.25) is 0 Å². The molecule has 0 amide bonds. The zero-order chi connectivity index (χ0) is 14.2. The second kappa shape index (κ2) is 7.78. The number of hydrogen-bond donors (Lipinski definition) is 0. The average Bonchev–Trinajstić information content (AvgIpc) is 2.48. The summed E-state index contributed by atoms with van der Waals surface area (Å²) in [6, 6.07) is 16.6. The van der Waals surface area contributed by atoms with E-state index >= 15 is 0 Å². The van der Waals surface area contributed by atoms with E-state index in [1.165, 1.54) is 11.1 Å². The maximum atomic E-state index is 6.08. The molecule has 0 aliphatic heterocycles. The Morgan fingerprint density at radius 1 is 1.00 bits per heavy atom. The number of rotatable bonds is 4. The van der Waals surface area contributed by atoms with Crippen LogP contribution in [0.5, 0.6) is 0 Å². The summed E-state index contributed by atoms with van der Waals surface area (Å²) in [6.45, 7) is 2.14. The van der Waals surface area contributed by atoms with Crippen molar-refractivity contribution in [2.24, 2.45) is 0 Å². The van der Waals surface area contributed by atoms with Crippen LogP contribution in [0.4, 0.5) is 0 Å². The monoisotopic (exact) mass is 282 g/mol. The van der Waals surface area contributed by atoms with Gasteiger partial charge in [-0.2, -0.15) is 0 Å². The second-order valence-corrected chi connectivity index (χ2v) is 5.28. The molecular formula is C19H19Cl. The van der Waals surface area contributed by atoms with Crippen molar-refractivity contribution in [3.63, 3.8) is 0 Å². The maximum Gasteiger partial charge on any atom is 0.0418 e. The molecule has 0 fully saturated rings. The molecule has 0 unspecified atom stereocenters. The fraction of sp³-hybridized carbons (Fsp3) is 0.263. The molecular weight excluding hydrogens is 264 g/mol.